The molecular formula is C14H21N3O3S. The first-order valence-corrected chi connectivity index (χ1v) is 8.75. The van der Waals surface area contributed by atoms with Gasteiger partial charge in [0, 0.05) is 24.8 Å². The molecule has 21 heavy (non-hydrogen) atoms. The summed E-state index contributed by atoms with van der Waals surface area (Å²) in [4.78, 5) is 16.3. The van der Waals surface area contributed by atoms with Gasteiger partial charge in [0.05, 0.1) is 5.75 Å². The van der Waals surface area contributed by atoms with E-state index in [9.17, 15) is 13.2 Å². The third-order valence-electron chi connectivity index (χ3n) is 3.67. The van der Waals surface area contributed by atoms with Crippen molar-refractivity contribution in [2.24, 2.45) is 0 Å². The average Bonchev–Trinajstić information content (AvgIpc) is 2.48. The van der Waals surface area contributed by atoms with Gasteiger partial charge >= 0.3 is 0 Å². The van der Waals surface area contributed by atoms with Gasteiger partial charge in [0.15, 0.2) is 0 Å². The smallest absolute Gasteiger partial charge is 0.270 e. The van der Waals surface area contributed by atoms with Crippen LogP contribution in [0, 0.1) is 6.92 Å². The van der Waals surface area contributed by atoms with E-state index >= 15 is 0 Å². The SMILES string of the molecule is CCS(=O)(=O)N1CCC(NC(=O)c2cccc(C)n2)CC1. The number of sulfonamides is 1. The topological polar surface area (TPSA) is 79.4 Å². The second-order valence-corrected chi connectivity index (χ2v) is 7.47. The van der Waals surface area contributed by atoms with Crippen LogP contribution in [0.1, 0.15) is 35.9 Å². The number of rotatable bonds is 4. The largest absolute Gasteiger partial charge is 0.348 e. The molecule has 1 aliphatic heterocycles. The van der Waals surface area contributed by atoms with E-state index in [-0.39, 0.29) is 17.7 Å². The van der Waals surface area contributed by atoms with Gasteiger partial charge in [-0.05, 0) is 38.8 Å². The maximum Gasteiger partial charge on any atom is 0.270 e. The van der Waals surface area contributed by atoms with E-state index in [1.165, 1.54) is 4.31 Å². The van der Waals surface area contributed by atoms with Crippen LogP contribution in [0.3, 0.4) is 0 Å². The van der Waals surface area contributed by atoms with Gasteiger partial charge in [-0.25, -0.2) is 17.7 Å². The minimum Gasteiger partial charge on any atom is -0.348 e. The summed E-state index contributed by atoms with van der Waals surface area (Å²) in [6, 6.07) is 5.32. The highest BCUT2D eigenvalue weighted by atomic mass is 32.2. The number of hydrogen-bond acceptors (Lipinski definition) is 4. The Kier molecular flexibility index (Phi) is 4.95. The van der Waals surface area contributed by atoms with E-state index in [0.717, 1.165) is 5.69 Å². The maximum atomic E-state index is 12.1. The second kappa shape index (κ2) is 6.53. The van der Waals surface area contributed by atoms with Crippen LogP contribution in [0.15, 0.2) is 18.2 Å². The zero-order valence-corrected chi connectivity index (χ0v) is 13.2. The van der Waals surface area contributed by atoms with Gasteiger partial charge in [-0.3, -0.25) is 4.79 Å². The van der Waals surface area contributed by atoms with Gasteiger partial charge in [-0.15, -0.1) is 0 Å². The van der Waals surface area contributed by atoms with Crippen LogP contribution in [-0.2, 0) is 10.0 Å². The Morgan fingerprint density at radius 1 is 1.38 bits per heavy atom. The van der Waals surface area contributed by atoms with Crippen molar-refractivity contribution < 1.29 is 13.2 Å². The number of aryl methyl sites for hydroxylation is 1. The third kappa shape index (κ3) is 4.01. The summed E-state index contributed by atoms with van der Waals surface area (Å²) in [5, 5.41) is 2.93. The number of carbonyl (C=O) groups is 1. The molecule has 1 amide bonds. The van der Waals surface area contributed by atoms with Crippen LogP contribution in [0.5, 0.6) is 0 Å². The van der Waals surface area contributed by atoms with Gasteiger partial charge in [0.2, 0.25) is 10.0 Å². The molecule has 0 bridgehead atoms. The highest BCUT2D eigenvalue weighted by Crippen LogP contribution is 2.14. The van der Waals surface area contributed by atoms with Crippen LogP contribution in [0.2, 0.25) is 0 Å². The molecule has 1 aromatic heterocycles. The highest BCUT2D eigenvalue weighted by molar-refractivity contribution is 7.89. The van der Waals surface area contributed by atoms with E-state index in [0.29, 0.717) is 31.6 Å². The van der Waals surface area contributed by atoms with E-state index in [1.54, 1.807) is 19.1 Å². The summed E-state index contributed by atoms with van der Waals surface area (Å²) in [6.07, 6.45) is 1.27. The molecule has 0 unspecified atom stereocenters. The van der Waals surface area contributed by atoms with Gasteiger partial charge in [0.25, 0.3) is 5.91 Å². The summed E-state index contributed by atoms with van der Waals surface area (Å²) in [7, 11) is -3.12. The molecule has 1 aliphatic rings. The summed E-state index contributed by atoms with van der Waals surface area (Å²) >= 11 is 0. The fourth-order valence-electron chi connectivity index (χ4n) is 2.39. The average molecular weight is 311 g/mol. The Bertz CT molecular complexity index is 608. The van der Waals surface area contributed by atoms with Crippen molar-refractivity contribution in [3.63, 3.8) is 0 Å². The maximum absolute atomic E-state index is 12.1. The van der Waals surface area contributed by atoms with Crippen molar-refractivity contribution in [2.45, 2.75) is 32.7 Å². The summed E-state index contributed by atoms with van der Waals surface area (Å²) in [6.45, 7) is 4.40. The standard InChI is InChI=1S/C14H21N3O3S/c1-3-21(19,20)17-9-7-12(8-10-17)16-14(18)13-6-4-5-11(2)15-13/h4-6,12H,3,7-10H2,1-2H3,(H,16,18). The van der Waals surface area contributed by atoms with Gasteiger partial charge < -0.3 is 5.32 Å². The van der Waals surface area contributed by atoms with E-state index in [1.807, 2.05) is 13.0 Å². The number of aromatic nitrogens is 1. The second-order valence-electron chi connectivity index (χ2n) is 5.21. The number of piperidine rings is 1. The first-order chi connectivity index (χ1) is 9.92. The lowest BCUT2D eigenvalue weighted by Crippen LogP contribution is -2.47. The molecule has 2 heterocycles. The molecule has 0 spiro atoms. The molecule has 1 aromatic rings. The van der Waals surface area contributed by atoms with Crippen LogP contribution in [-0.4, -0.2) is 48.5 Å². The van der Waals surface area contributed by atoms with Crippen LogP contribution < -0.4 is 5.32 Å². The van der Waals surface area contributed by atoms with Crippen molar-refractivity contribution in [3.8, 4) is 0 Å². The molecule has 2 rings (SSSR count). The molecule has 1 saturated heterocycles. The molecule has 7 heteroatoms. The molecule has 116 valence electrons. The summed E-state index contributed by atoms with van der Waals surface area (Å²) in [5.41, 5.74) is 1.20. The molecule has 0 radical (unpaired) electrons. The number of carbonyl (C=O) groups excluding carboxylic acids is 1. The van der Waals surface area contributed by atoms with E-state index in [2.05, 4.69) is 10.3 Å². The minimum absolute atomic E-state index is 0.00289. The highest BCUT2D eigenvalue weighted by Gasteiger charge is 2.27. The van der Waals surface area contributed by atoms with Crippen LogP contribution in [0.4, 0.5) is 0 Å². The first-order valence-electron chi connectivity index (χ1n) is 7.14. The van der Waals surface area contributed by atoms with Gasteiger partial charge in [0.1, 0.15) is 5.69 Å². The quantitative estimate of drug-likeness (QED) is 0.897. The number of nitrogens with one attached hydrogen (secondary N) is 1. The summed E-state index contributed by atoms with van der Waals surface area (Å²) < 4.78 is 25.0. The molecule has 0 aromatic carbocycles. The molecule has 0 saturated carbocycles. The zero-order chi connectivity index (χ0) is 15.5. The van der Waals surface area contributed by atoms with E-state index < -0.39 is 10.0 Å². The van der Waals surface area contributed by atoms with Crippen molar-refractivity contribution >= 4 is 15.9 Å². The van der Waals surface area contributed by atoms with Crippen molar-refractivity contribution in [2.75, 3.05) is 18.8 Å². The Labute approximate surface area is 125 Å². The fourth-order valence-corrected chi connectivity index (χ4v) is 3.52. The predicted molar refractivity (Wildman–Crippen MR) is 80.5 cm³/mol. The van der Waals surface area contributed by atoms with Crippen LogP contribution >= 0.6 is 0 Å². The zero-order valence-electron chi connectivity index (χ0n) is 12.4. The van der Waals surface area contributed by atoms with Crippen molar-refractivity contribution in [3.05, 3.63) is 29.6 Å². The third-order valence-corrected chi connectivity index (χ3v) is 5.55. The molecule has 1 fully saturated rings. The summed E-state index contributed by atoms with van der Waals surface area (Å²) in [5.74, 6) is -0.0764. The lowest BCUT2D eigenvalue weighted by molar-refractivity contribution is 0.0918. The Balaban J connectivity index is 1.91. The van der Waals surface area contributed by atoms with Crippen molar-refractivity contribution in [1.82, 2.24) is 14.6 Å². The Hall–Kier alpha value is -1.47. The number of hydrogen-bond donors (Lipinski definition) is 1. The molecular weight excluding hydrogens is 290 g/mol. The van der Waals surface area contributed by atoms with Crippen molar-refractivity contribution in [1.29, 1.82) is 0 Å². The molecule has 0 atom stereocenters. The fraction of sp³-hybridized carbons (Fsp3) is 0.571. The lowest BCUT2D eigenvalue weighted by atomic mass is 10.1. The molecule has 6 nitrogen and oxygen atoms in total. The number of amides is 1. The first kappa shape index (κ1) is 15.9. The molecule has 1 N–H and O–H groups in total. The van der Waals surface area contributed by atoms with Gasteiger partial charge in [-0.1, -0.05) is 6.07 Å². The normalized spacial score (nSPS) is 17.6. The van der Waals surface area contributed by atoms with Gasteiger partial charge in [-0.2, -0.15) is 0 Å². The van der Waals surface area contributed by atoms with Crippen LogP contribution in [0.25, 0.3) is 0 Å². The monoisotopic (exact) mass is 311 g/mol. The Morgan fingerprint density at radius 2 is 2.05 bits per heavy atom. The Morgan fingerprint density at radius 3 is 2.62 bits per heavy atom. The number of nitrogens with zero attached hydrogens (tertiary/aromatic N) is 2. The minimum atomic E-state index is -3.12. The molecule has 0 aliphatic carbocycles. The van der Waals surface area contributed by atoms with E-state index in [4.69, 9.17) is 0 Å². The number of pyridine rings is 1. The predicted octanol–water partition coefficient (Wildman–Crippen LogP) is 0.934. The lowest BCUT2D eigenvalue weighted by Gasteiger charge is -2.31.